The van der Waals surface area contributed by atoms with Gasteiger partial charge in [-0.3, -0.25) is 9.55 Å². The highest BCUT2D eigenvalue weighted by molar-refractivity contribution is 6.19. The average molecular weight is 529 g/mol. The van der Waals surface area contributed by atoms with E-state index in [-0.39, 0.29) is 17.6 Å². The summed E-state index contributed by atoms with van der Waals surface area (Å²) in [6.45, 7) is 0. The van der Waals surface area contributed by atoms with E-state index < -0.39 is 18.1 Å². The zero-order valence-corrected chi connectivity index (χ0v) is 21.9. The second-order valence-electron chi connectivity index (χ2n) is 9.89. The molecule has 2 heterocycles. The molecule has 2 aromatic heterocycles. The summed E-state index contributed by atoms with van der Waals surface area (Å²) in [5.74, 6) is 0.294. The van der Waals surface area contributed by atoms with Gasteiger partial charge in [-0.05, 0) is 57.3 Å². The monoisotopic (exact) mass is 528 g/mol. The lowest BCUT2D eigenvalue weighted by Crippen LogP contribution is -2.01. The topological polar surface area (TPSA) is 30.7 Å². The molecule has 0 saturated heterocycles. The third-order valence-electron chi connectivity index (χ3n) is 7.60. The van der Waals surface area contributed by atoms with Crippen molar-refractivity contribution < 1.29 is 6.85 Å². The second kappa shape index (κ2) is 9.58. The SMILES string of the molecule is [2H]c1c([2H])c([2H])c(-c2nc3ccccc3n2-c2c3ccccc3c(-c3ccc(-c4ccncc4)cc3)c3ccccc23)c([2H])c1[2H]. The molecule has 0 N–H and O–H groups in total. The Kier molecular flexibility index (Phi) is 4.37. The van der Waals surface area contributed by atoms with Crippen molar-refractivity contribution in [2.45, 2.75) is 0 Å². The fourth-order valence-electron chi connectivity index (χ4n) is 5.81. The molecule has 8 rings (SSSR count). The van der Waals surface area contributed by atoms with Crippen molar-refractivity contribution in [3.05, 3.63) is 152 Å². The summed E-state index contributed by atoms with van der Waals surface area (Å²) < 4.78 is 44.6. The van der Waals surface area contributed by atoms with Crippen LogP contribution in [0.1, 0.15) is 6.85 Å². The average Bonchev–Trinajstić information content (AvgIpc) is 3.48. The number of pyridine rings is 1. The number of benzene rings is 6. The summed E-state index contributed by atoms with van der Waals surface area (Å²) in [4.78, 5) is 9.06. The molecule has 0 aliphatic heterocycles. The van der Waals surface area contributed by atoms with Crippen molar-refractivity contribution in [3.63, 3.8) is 0 Å². The van der Waals surface area contributed by atoms with Gasteiger partial charge in [0.25, 0.3) is 0 Å². The zero-order chi connectivity index (χ0) is 31.5. The molecule has 3 nitrogen and oxygen atoms in total. The van der Waals surface area contributed by atoms with Gasteiger partial charge in [0.15, 0.2) is 0 Å². The summed E-state index contributed by atoms with van der Waals surface area (Å²) >= 11 is 0. The van der Waals surface area contributed by atoms with Gasteiger partial charge in [-0.1, -0.05) is 115 Å². The Balaban J connectivity index is 1.48. The van der Waals surface area contributed by atoms with Crippen molar-refractivity contribution in [3.8, 4) is 39.3 Å². The van der Waals surface area contributed by atoms with Crippen LogP contribution in [0.4, 0.5) is 0 Å². The molecule has 0 fully saturated rings. The molecular weight excluding hydrogens is 498 g/mol. The van der Waals surface area contributed by atoms with Gasteiger partial charge in [-0.25, -0.2) is 4.98 Å². The van der Waals surface area contributed by atoms with E-state index in [1.807, 2.05) is 65.2 Å². The van der Waals surface area contributed by atoms with Crippen molar-refractivity contribution in [2.24, 2.45) is 0 Å². The van der Waals surface area contributed by atoms with Crippen molar-refractivity contribution in [1.29, 1.82) is 0 Å². The molecular formula is C38H25N3. The molecule has 8 aromatic rings. The van der Waals surface area contributed by atoms with Gasteiger partial charge in [0.2, 0.25) is 0 Å². The van der Waals surface area contributed by atoms with E-state index in [9.17, 15) is 0 Å². The largest absolute Gasteiger partial charge is 0.291 e. The second-order valence-corrected chi connectivity index (χ2v) is 9.89. The van der Waals surface area contributed by atoms with Gasteiger partial charge in [-0.2, -0.15) is 0 Å². The van der Waals surface area contributed by atoms with E-state index in [4.69, 9.17) is 11.8 Å². The highest BCUT2D eigenvalue weighted by atomic mass is 15.1. The van der Waals surface area contributed by atoms with Crippen LogP contribution in [0.3, 0.4) is 0 Å². The third-order valence-corrected chi connectivity index (χ3v) is 7.60. The molecule has 6 aromatic carbocycles. The standard InChI is InChI=1S/C38H25N3/c1-2-10-29(11-3-1)38-40-34-16-8-9-17-35(34)41(38)37-32-14-6-4-12-30(32)36(31-13-5-7-15-33(31)37)28-20-18-26(19-21-28)27-22-24-39-25-23-27/h1-25H/i1D,2D,3D,10D,11D. The lowest BCUT2D eigenvalue weighted by atomic mass is 9.89. The van der Waals surface area contributed by atoms with Gasteiger partial charge in [0.1, 0.15) is 5.82 Å². The Morgan fingerprint density at radius 2 is 1.07 bits per heavy atom. The summed E-state index contributed by atoms with van der Waals surface area (Å²) in [5, 5.41) is 3.95. The van der Waals surface area contributed by atoms with Crippen molar-refractivity contribution in [2.75, 3.05) is 0 Å². The van der Waals surface area contributed by atoms with E-state index in [0.29, 0.717) is 11.3 Å². The van der Waals surface area contributed by atoms with Crippen molar-refractivity contribution >= 4 is 32.6 Å². The van der Waals surface area contributed by atoms with Crippen LogP contribution < -0.4 is 0 Å². The molecule has 0 aliphatic carbocycles. The minimum absolute atomic E-state index is 0.0612. The van der Waals surface area contributed by atoms with Crippen LogP contribution in [-0.2, 0) is 0 Å². The predicted octanol–water partition coefficient (Wildman–Crippen LogP) is 9.73. The fraction of sp³-hybridized carbons (Fsp3) is 0. The van der Waals surface area contributed by atoms with Crippen LogP contribution in [-0.4, -0.2) is 14.5 Å². The Morgan fingerprint density at radius 1 is 0.512 bits per heavy atom. The number of hydrogen-bond donors (Lipinski definition) is 0. The maximum absolute atomic E-state index is 8.83. The first-order valence-electron chi connectivity index (χ1n) is 15.9. The summed E-state index contributed by atoms with van der Waals surface area (Å²) in [5.41, 5.74) is 6.68. The first-order valence-corrected chi connectivity index (χ1v) is 13.4. The molecule has 0 spiro atoms. The van der Waals surface area contributed by atoms with Crippen LogP contribution in [0.5, 0.6) is 0 Å². The maximum Gasteiger partial charge on any atom is 0.145 e. The van der Waals surface area contributed by atoms with E-state index in [0.717, 1.165) is 55.0 Å². The normalized spacial score (nSPS) is 13.1. The van der Waals surface area contributed by atoms with E-state index in [2.05, 4.69) is 53.5 Å². The molecule has 0 unspecified atom stereocenters. The highest BCUT2D eigenvalue weighted by Gasteiger charge is 2.21. The summed E-state index contributed by atoms with van der Waals surface area (Å²) in [7, 11) is 0. The smallest absolute Gasteiger partial charge is 0.145 e. The van der Waals surface area contributed by atoms with Gasteiger partial charge in [-0.15, -0.1) is 0 Å². The van der Waals surface area contributed by atoms with Gasteiger partial charge in [0.05, 0.1) is 23.6 Å². The molecule has 0 saturated carbocycles. The molecule has 3 heteroatoms. The fourth-order valence-corrected chi connectivity index (χ4v) is 5.81. The Labute approximate surface area is 245 Å². The lowest BCUT2D eigenvalue weighted by molar-refractivity contribution is 1.13. The number of nitrogens with zero attached hydrogens (tertiary/aromatic N) is 3. The number of fused-ring (bicyclic) bond motifs is 3. The molecule has 0 radical (unpaired) electrons. The van der Waals surface area contributed by atoms with Gasteiger partial charge < -0.3 is 0 Å². The van der Waals surface area contributed by atoms with Crippen LogP contribution >= 0.6 is 0 Å². The van der Waals surface area contributed by atoms with E-state index >= 15 is 0 Å². The number of imidazole rings is 1. The van der Waals surface area contributed by atoms with Crippen LogP contribution in [0.25, 0.3) is 71.9 Å². The maximum atomic E-state index is 8.83. The molecule has 0 bridgehead atoms. The number of hydrogen-bond acceptors (Lipinski definition) is 2. The van der Waals surface area contributed by atoms with Crippen LogP contribution in [0.15, 0.2) is 152 Å². The molecule has 192 valence electrons. The highest BCUT2D eigenvalue weighted by Crippen LogP contribution is 2.43. The van der Waals surface area contributed by atoms with Gasteiger partial charge in [0, 0.05) is 28.7 Å². The van der Waals surface area contributed by atoms with E-state index in [1.165, 1.54) is 0 Å². The summed E-state index contributed by atoms with van der Waals surface area (Å²) in [6, 6.07) is 34.8. The third kappa shape index (κ3) is 3.82. The van der Waals surface area contributed by atoms with E-state index in [1.54, 1.807) is 12.4 Å². The van der Waals surface area contributed by atoms with Crippen molar-refractivity contribution in [1.82, 2.24) is 14.5 Å². The first kappa shape index (κ1) is 18.7. The Hall–Kier alpha value is -5.54. The summed E-state index contributed by atoms with van der Waals surface area (Å²) in [6.07, 6.45) is 3.59. The number of aromatic nitrogens is 3. The predicted molar refractivity (Wildman–Crippen MR) is 170 cm³/mol. The first-order chi connectivity index (χ1) is 22.4. The Bertz CT molecular complexity index is 2390. The van der Waals surface area contributed by atoms with Crippen LogP contribution in [0, 0.1) is 0 Å². The molecule has 0 atom stereocenters. The molecule has 0 aliphatic rings. The number of para-hydroxylation sites is 2. The molecule has 41 heavy (non-hydrogen) atoms. The number of rotatable bonds is 4. The van der Waals surface area contributed by atoms with Crippen LogP contribution in [0.2, 0.25) is 0 Å². The Morgan fingerprint density at radius 3 is 1.76 bits per heavy atom. The quantitative estimate of drug-likeness (QED) is 0.213. The lowest BCUT2D eigenvalue weighted by Gasteiger charge is -2.20. The minimum Gasteiger partial charge on any atom is -0.291 e. The zero-order valence-electron chi connectivity index (χ0n) is 26.9. The van der Waals surface area contributed by atoms with Gasteiger partial charge >= 0.3 is 0 Å². The minimum atomic E-state index is -0.434. The molecule has 0 amide bonds.